The number of fused-ring (bicyclic) bond motifs is 1. The first-order valence-electron chi connectivity index (χ1n) is 9.83. The lowest BCUT2D eigenvalue weighted by molar-refractivity contribution is -0.121. The molecule has 32 heavy (non-hydrogen) atoms. The highest BCUT2D eigenvalue weighted by molar-refractivity contribution is 7.89. The average Bonchev–Trinajstić information content (AvgIpc) is 3.28. The highest BCUT2D eigenvalue weighted by atomic mass is 32.2. The lowest BCUT2D eigenvalue weighted by Crippen LogP contribution is -2.39. The highest BCUT2D eigenvalue weighted by Gasteiger charge is 2.26. The third kappa shape index (κ3) is 5.13. The van der Waals surface area contributed by atoms with Crippen LogP contribution in [0.25, 0.3) is 0 Å². The fourth-order valence-electron chi connectivity index (χ4n) is 3.12. The Kier molecular flexibility index (Phi) is 6.48. The second-order valence-corrected chi connectivity index (χ2v) is 8.92. The van der Waals surface area contributed by atoms with Gasteiger partial charge in [-0.25, -0.2) is 13.8 Å². The van der Waals surface area contributed by atoms with Gasteiger partial charge in [0, 0.05) is 6.54 Å². The summed E-state index contributed by atoms with van der Waals surface area (Å²) in [7, 11) is -3.89. The molecule has 0 fully saturated rings. The Morgan fingerprint density at radius 2 is 1.66 bits per heavy atom. The third-order valence-corrected chi connectivity index (χ3v) is 6.51. The quantitative estimate of drug-likeness (QED) is 0.420. The van der Waals surface area contributed by atoms with E-state index >= 15 is 0 Å². The molecule has 1 aliphatic rings. The number of sulfonamides is 1. The second kappa shape index (κ2) is 9.63. The molecule has 3 aromatic rings. The largest absolute Gasteiger partial charge is 0.454 e. The standard InChI is InChI=1S/C23H21N3O5S/c27-23(25-24-14-19-11-12-21-22(13-19)31-17-30-21)16-26(15-18-7-3-1-4-8-18)32(28,29)20-9-5-2-6-10-20/h1-14H,15-17H2,(H,25,27)/b24-14-. The molecule has 1 amide bonds. The van der Waals surface area contributed by atoms with E-state index in [1.54, 1.807) is 36.4 Å². The van der Waals surface area contributed by atoms with Crippen LogP contribution < -0.4 is 14.9 Å². The lowest BCUT2D eigenvalue weighted by Gasteiger charge is -2.21. The summed E-state index contributed by atoms with van der Waals surface area (Å²) in [6, 6.07) is 22.4. The van der Waals surface area contributed by atoms with Gasteiger partial charge in [-0.05, 0) is 41.5 Å². The van der Waals surface area contributed by atoms with Crippen molar-refractivity contribution in [1.29, 1.82) is 0 Å². The molecule has 0 saturated carbocycles. The molecule has 8 nitrogen and oxygen atoms in total. The summed E-state index contributed by atoms with van der Waals surface area (Å²) in [5, 5.41) is 3.94. The van der Waals surface area contributed by atoms with Gasteiger partial charge < -0.3 is 9.47 Å². The molecule has 0 aromatic heterocycles. The second-order valence-electron chi connectivity index (χ2n) is 6.98. The fraction of sp³-hybridized carbons (Fsp3) is 0.130. The molecule has 0 unspecified atom stereocenters. The third-order valence-electron chi connectivity index (χ3n) is 4.70. The first kappa shape index (κ1) is 21.5. The zero-order valence-corrected chi connectivity index (χ0v) is 17.9. The Morgan fingerprint density at radius 3 is 2.41 bits per heavy atom. The number of carbonyl (C=O) groups is 1. The van der Waals surface area contributed by atoms with E-state index in [4.69, 9.17) is 9.47 Å². The lowest BCUT2D eigenvalue weighted by atomic mass is 10.2. The van der Waals surface area contributed by atoms with E-state index in [2.05, 4.69) is 10.5 Å². The molecular weight excluding hydrogens is 430 g/mol. The van der Waals surface area contributed by atoms with Crippen LogP contribution in [0.3, 0.4) is 0 Å². The van der Waals surface area contributed by atoms with Gasteiger partial charge >= 0.3 is 0 Å². The molecule has 3 aromatic carbocycles. The Morgan fingerprint density at radius 1 is 0.969 bits per heavy atom. The predicted octanol–water partition coefficient (Wildman–Crippen LogP) is 2.76. The van der Waals surface area contributed by atoms with Crippen LogP contribution in [0.4, 0.5) is 0 Å². The van der Waals surface area contributed by atoms with Crippen molar-refractivity contribution in [2.24, 2.45) is 5.10 Å². The van der Waals surface area contributed by atoms with Gasteiger partial charge in [0.2, 0.25) is 16.8 Å². The summed E-state index contributed by atoms with van der Waals surface area (Å²) in [5.74, 6) is 0.689. The van der Waals surface area contributed by atoms with Crippen LogP contribution in [0, 0.1) is 0 Å². The topological polar surface area (TPSA) is 97.3 Å². The number of hydrogen-bond donors (Lipinski definition) is 1. The van der Waals surface area contributed by atoms with Crippen LogP contribution in [0.1, 0.15) is 11.1 Å². The molecule has 1 N–H and O–H groups in total. The van der Waals surface area contributed by atoms with E-state index in [0.717, 1.165) is 9.87 Å². The van der Waals surface area contributed by atoms with Crippen molar-refractivity contribution in [2.75, 3.05) is 13.3 Å². The van der Waals surface area contributed by atoms with E-state index in [0.29, 0.717) is 17.1 Å². The first-order valence-corrected chi connectivity index (χ1v) is 11.3. The fourth-order valence-corrected chi connectivity index (χ4v) is 4.53. The molecule has 0 saturated heterocycles. The summed E-state index contributed by atoms with van der Waals surface area (Å²) < 4.78 is 38.0. The SMILES string of the molecule is O=C(CN(Cc1ccccc1)S(=O)(=O)c1ccccc1)N/N=C\c1ccc2c(c1)OCO2. The van der Waals surface area contributed by atoms with Crippen molar-refractivity contribution >= 4 is 22.1 Å². The van der Waals surface area contributed by atoms with Gasteiger partial charge in [0.25, 0.3) is 5.91 Å². The Bertz CT molecular complexity index is 1210. The van der Waals surface area contributed by atoms with Crippen molar-refractivity contribution in [3.63, 3.8) is 0 Å². The maximum atomic E-state index is 13.2. The number of hydrogen-bond acceptors (Lipinski definition) is 6. The van der Waals surface area contributed by atoms with Gasteiger partial charge in [0.15, 0.2) is 11.5 Å². The highest BCUT2D eigenvalue weighted by Crippen LogP contribution is 2.31. The molecule has 0 atom stereocenters. The minimum Gasteiger partial charge on any atom is -0.454 e. The first-order chi connectivity index (χ1) is 15.5. The molecule has 0 radical (unpaired) electrons. The van der Waals surface area contributed by atoms with Gasteiger partial charge in [0.1, 0.15) is 0 Å². The Balaban J connectivity index is 1.47. The maximum Gasteiger partial charge on any atom is 0.255 e. The average molecular weight is 452 g/mol. The maximum absolute atomic E-state index is 13.2. The summed E-state index contributed by atoms with van der Waals surface area (Å²) in [5.41, 5.74) is 3.86. The van der Waals surface area contributed by atoms with Gasteiger partial charge in [0.05, 0.1) is 17.7 Å². The summed E-state index contributed by atoms with van der Waals surface area (Å²) >= 11 is 0. The molecule has 1 aliphatic heterocycles. The van der Waals surface area contributed by atoms with Crippen molar-refractivity contribution in [1.82, 2.24) is 9.73 Å². The predicted molar refractivity (Wildman–Crippen MR) is 119 cm³/mol. The van der Waals surface area contributed by atoms with Crippen LogP contribution >= 0.6 is 0 Å². The number of benzene rings is 3. The Hall–Kier alpha value is -3.69. The molecular formula is C23H21N3O5S. The van der Waals surface area contributed by atoms with Gasteiger partial charge in [-0.15, -0.1) is 0 Å². The van der Waals surface area contributed by atoms with Crippen molar-refractivity contribution in [3.05, 3.63) is 90.0 Å². The minimum atomic E-state index is -3.89. The van der Waals surface area contributed by atoms with Crippen LogP contribution in [0.15, 0.2) is 88.9 Å². The van der Waals surface area contributed by atoms with E-state index in [-0.39, 0.29) is 24.8 Å². The number of nitrogens with zero attached hydrogens (tertiary/aromatic N) is 2. The van der Waals surface area contributed by atoms with E-state index in [9.17, 15) is 13.2 Å². The van der Waals surface area contributed by atoms with Crippen LogP contribution in [0.2, 0.25) is 0 Å². The molecule has 0 bridgehead atoms. The number of ether oxygens (including phenoxy) is 2. The van der Waals surface area contributed by atoms with Crippen LogP contribution in [0.5, 0.6) is 11.5 Å². The molecule has 9 heteroatoms. The molecule has 4 rings (SSSR count). The molecule has 0 spiro atoms. The molecule has 0 aliphatic carbocycles. The summed E-state index contributed by atoms with van der Waals surface area (Å²) in [4.78, 5) is 12.6. The van der Waals surface area contributed by atoms with E-state index in [1.807, 2.05) is 30.3 Å². The van der Waals surface area contributed by atoms with Crippen LogP contribution in [-0.4, -0.2) is 38.2 Å². The Labute approximate surface area is 186 Å². The van der Waals surface area contributed by atoms with Crippen LogP contribution in [-0.2, 0) is 21.4 Å². The van der Waals surface area contributed by atoms with E-state index < -0.39 is 15.9 Å². The van der Waals surface area contributed by atoms with E-state index in [1.165, 1.54) is 18.3 Å². The number of nitrogens with one attached hydrogen (secondary N) is 1. The van der Waals surface area contributed by atoms with Crippen molar-refractivity contribution in [2.45, 2.75) is 11.4 Å². The summed E-state index contributed by atoms with van der Waals surface area (Å²) in [6.45, 7) is -0.165. The monoisotopic (exact) mass is 451 g/mol. The minimum absolute atomic E-state index is 0.0529. The summed E-state index contributed by atoms with van der Waals surface area (Å²) in [6.07, 6.45) is 1.45. The number of hydrazone groups is 1. The normalized spacial score (nSPS) is 12.9. The smallest absolute Gasteiger partial charge is 0.255 e. The number of rotatable bonds is 8. The van der Waals surface area contributed by atoms with Crippen molar-refractivity contribution in [3.8, 4) is 11.5 Å². The van der Waals surface area contributed by atoms with Gasteiger partial charge in [-0.2, -0.15) is 9.41 Å². The zero-order valence-electron chi connectivity index (χ0n) is 17.0. The number of carbonyl (C=O) groups excluding carboxylic acids is 1. The molecule has 1 heterocycles. The number of amides is 1. The van der Waals surface area contributed by atoms with Gasteiger partial charge in [-0.1, -0.05) is 48.5 Å². The van der Waals surface area contributed by atoms with Gasteiger partial charge in [-0.3, -0.25) is 4.79 Å². The molecule has 164 valence electrons. The zero-order chi connectivity index (χ0) is 22.4. The van der Waals surface area contributed by atoms with Crippen molar-refractivity contribution < 1.29 is 22.7 Å².